The number of carbonyl (C=O) groups is 1. The van der Waals surface area contributed by atoms with Gasteiger partial charge in [-0.05, 0) is 19.2 Å². The molecule has 1 amide bonds. The molecule has 0 unspecified atom stereocenters. The number of nitrogens with one attached hydrogen (secondary N) is 2. The number of aromatic nitrogens is 1. The summed E-state index contributed by atoms with van der Waals surface area (Å²) in [5.74, 6) is -0.0935. The van der Waals surface area contributed by atoms with E-state index in [1.54, 1.807) is 6.20 Å². The highest BCUT2D eigenvalue weighted by atomic mass is 35.5. The van der Waals surface area contributed by atoms with Crippen LogP contribution in [-0.4, -0.2) is 47.9 Å². The zero-order chi connectivity index (χ0) is 15.9. The van der Waals surface area contributed by atoms with E-state index in [-0.39, 0.29) is 36.7 Å². The van der Waals surface area contributed by atoms with E-state index in [1.807, 2.05) is 24.3 Å². The SMILES string of the molecule is CCN(CC)CCN=C(N)NC(=O)c1c[nH]c2ccccc12.Cl.Cl. The number of benzene rings is 1. The number of aliphatic imine (C=N–C) groups is 1. The van der Waals surface area contributed by atoms with Crippen molar-refractivity contribution in [3.8, 4) is 0 Å². The van der Waals surface area contributed by atoms with Crippen LogP contribution in [0.5, 0.6) is 0 Å². The summed E-state index contributed by atoms with van der Waals surface area (Å²) in [4.78, 5) is 21.8. The maximum Gasteiger partial charge on any atom is 0.260 e. The first kappa shape index (κ1) is 22.2. The number of carbonyl (C=O) groups excluding carboxylic acids is 1. The molecule has 0 saturated heterocycles. The highest BCUT2D eigenvalue weighted by Crippen LogP contribution is 2.17. The molecule has 0 aliphatic carbocycles. The monoisotopic (exact) mass is 373 g/mol. The first-order valence-corrected chi connectivity index (χ1v) is 7.55. The molecule has 0 fully saturated rings. The molecule has 1 aromatic carbocycles. The quantitative estimate of drug-likeness (QED) is 0.536. The van der Waals surface area contributed by atoms with E-state index < -0.39 is 0 Å². The summed E-state index contributed by atoms with van der Waals surface area (Å²) >= 11 is 0. The second-order valence-corrected chi connectivity index (χ2v) is 5.00. The van der Waals surface area contributed by atoms with E-state index in [2.05, 4.69) is 34.0 Å². The standard InChI is InChI=1S/C16H23N5O.2ClH/c1-3-21(4-2)10-9-18-16(17)20-15(22)13-11-19-14-8-6-5-7-12(13)14;;/h5-8,11,19H,3-4,9-10H2,1-2H3,(H3,17,18,20,22);2*1H. The lowest BCUT2D eigenvalue weighted by Crippen LogP contribution is -2.37. The van der Waals surface area contributed by atoms with E-state index in [1.165, 1.54) is 0 Å². The van der Waals surface area contributed by atoms with Crippen molar-refractivity contribution in [2.75, 3.05) is 26.2 Å². The van der Waals surface area contributed by atoms with Gasteiger partial charge in [0.1, 0.15) is 0 Å². The fourth-order valence-electron chi connectivity index (χ4n) is 2.33. The molecule has 6 nitrogen and oxygen atoms in total. The molecule has 0 atom stereocenters. The van der Waals surface area contributed by atoms with Crippen molar-refractivity contribution in [3.63, 3.8) is 0 Å². The summed E-state index contributed by atoms with van der Waals surface area (Å²) < 4.78 is 0. The van der Waals surface area contributed by atoms with E-state index in [9.17, 15) is 4.79 Å². The topological polar surface area (TPSA) is 86.5 Å². The van der Waals surface area contributed by atoms with Gasteiger partial charge < -0.3 is 15.6 Å². The van der Waals surface area contributed by atoms with Crippen LogP contribution in [0.25, 0.3) is 10.9 Å². The number of halogens is 2. The highest BCUT2D eigenvalue weighted by molar-refractivity contribution is 6.12. The molecule has 4 N–H and O–H groups in total. The Hall–Kier alpha value is -1.76. The molecule has 24 heavy (non-hydrogen) atoms. The number of nitrogens with zero attached hydrogens (tertiary/aromatic N) is 2. The van der Waals surface area contributed by atoms with Gasteiger partial charge in [-0.3, -0.25) is 15.1 Å². The molecule has 2 aromatic rings. The van der Waals surface area contributed by atoms with Crippen LogP contribution in [0, 0.1) is 0 Å². The molecule has 1 heterocycles. The summed E-state index contributed by atoms with van der Waals surface area (Å²) in [5, 5.41) is 3.51. The maximum absolute atomic E-state index is 12.2. The van der Waals surface area contributed by atoms with E-state index in [0.29, 0.717) is 12.1 Å². The number of rotatable bonds is 6. The highest BCUT2D eigenvalue weighted by Gasteiger charge is 2.12. The van der Waals surface area contributed by atoms with Gasteiger partial charge >= 0.3 is 0 Å². The summed E-state index contributed by atoms with van der Waals surface area (Å²) in [6, 6.07) is 7.64. The van der Waals surface area contributed by atoms with Gasteiger partial charge in [-0.25, -0.2) is 0 Å². The number of nitrogens with two attached hydrogens (primary N) is 1. The van der Waals surface area contributed by atoms with Gasteiger partial charge in [0.25, 0.3) is 5.91 Å². The first-order chi connectivity index (χ1) is 10.7. The Balaban J connectivity index is 0.00000264. The lowest BCUT2D eigenvalue weighted by atomic mass is 10.1. The smallest absolute Gasteiger partial charge is 0.260 e. The average molecular weight is 374 g/mol. The van der Waals surface area contributed by atoms with Crippen molar-refractivity contribution in [1.82, 2.24) is 15.2 Å². The number of hydrogen-bond donors (Lipinski definition) is 3. The molecular weight excluding hydrogens is 349 g/mol. The molecule has 8 heteroatoms. The predicted octanol–water partition coefficient (Wildman–Crippen LogP) is 2.40. The molecule has 0 spiro atoms. The van der Waals surface area contributed by atoms with Crippen LogP contribution < -0.4 is 11.1 Å². The number of guanidine groups is 1. The zero-order valence-electron chi connectivity index (χ0n) is 13.9. The van der Waals surface area contributed by atoms with Gasteiger partial charge in [0.05, 0.1) is 12.1 Å². The molecule has 1 aromatic heterocycles. The fraction of sp³-hybridized carbons (Fsp3) is 0.375. The maximum atomic E-state index is 12.2. The van der Waals surface area contributed by atoms with Crippen molar-refractivity contribution in [2.45, 2.75) is 13.8 Å². The second kappa shape index (κ2) is 10.9. The van der Waals surface area contributed by atoms with Gasteiger partial charge in [-0.1, -0.05) is 32.0 Å². The Morgan fingerprint density at radius 1 is 1.25 bits per heavy atom. The number of fused-ring (bicyclic) bond motifs is 1. The number of hydrogen-bond acceptors (Lipinski definition) is 3. The number of likely N-dealkylation sites (N-methyl/N-ethyl adjacent to an activating group) is 1. The lowest BCUT2D eigenvalue weighted by molar-refractivity contribution is 0.0978. The number of amides is 1. The van der Waals surface area contributed by atoms with Crippen LogP contribution in [0.15, 0.2) is 35.5 Å². The van der Waals surface area contributed by atoms with Gasteiger partial charge in [-0.2, -0.15) is 0 Å². The Bertz CT molecular complexity index is 667. The van der Waals surface area contributed by atoms with E-state index in [0.717, 1.165) is 30.5 Å². The molecular formula is C16H25Cl2N5O. The molecule has 134 valence electrons. The summed E-state index contributed by atoms with van der Waals surface area (Å²) in [6.07, 6.45) is 1.68. The van der Waals surface area contributed by atoms with Crippen molar-refractivity contribution in [3.05, 3.63) is 36.0 Å². The number of aromatic amines is 1. The lowest BCUT2D eigenvalue weighted by Gasteiger charge is -2.16. The van der Waals surface area contributed by atoms with Crippen LogP contribution in [-0.2, 0) is 0 Å². The van der Waals surface area contributed by atoms with Crippen molar-refractivity contribution >= 4 is 47.6 Å². The molecule has 0 radical (unpaired) electrons. The molecule has 2 rings (SSSR count). The molecule has 0 bridgehead atoms. The van der Waals surface area contributed by atoms with Gasteiger partial charge in [-0.15, -0.1) is 24.8 Å². The van der Waals surface area contributed by atoms with Crippen LogP contribution >= 0.6 is 24.8 Å². The largest absolute Gasteiger partial charge is 0.370 e. The third-order valence-corrected chi connectivity index (χ3v) is 3.67. The Morgan fingerprint density at radius 3 is 2.58 bits per heavy atom. The van der Waals surface area contributed by atoms with Crippen LogP contribution in [0.4, 0.5) is 0 Å². The minimum Gasteiger partial charge on any atom is -0.370 e. The van der Waals surface area contributed by atoms with Gasteiger partial charge in [0, 0.05) is 23.6 Å². The number of H-pyrrole nitrogens is 1. The van der Waals surface area contributed by atoms with Crippen molar-refractivity contribution in [1.29, 1.82) is 0 Å². The molecule has 0 aliphatic heterocycles. The van der Waals surface area contributed by atoms with Crippen molar-refractivity contribution in [2.24, 2.45) is 10.7 Å². The minimum atomic E-state index is -0.249. The Labute approximate surface area is 154 Å². The van der Waals surface area contributed by atoms with Crippen LogP contribution in [0.1, 0.15) is 24.2 Å². The second-order valence-electron chi connectivity index (χ2n) is 5.00. The Kier molecular flexibility index (Phi) is 10.1. The third-order valence-electron chi connectivity index (χ3n) is 3.67. The summed E-state index contributed by atoms with van der Waals surface area (Å²) in [5.41, 5.74) is 7.27. The van der Waals surface area contributed by atoms with E-state index >= 15 is 0 Å². The van der Waals surface area contributed by atoms with Crippen molar-refractivity contribution < 1.29 is 4.79 Å². The van der Waals surface area contributed by atoms with Gasteiger partial charge in [0.15, 0.2) is 5.96 Å². The minimum absolute atomic E-state index is 0. The van der Waals surface area contributed by atoms with E-state index in [4.69, 9.17) is 5.73 Å². The fourth-order valence-corrected chi connectivity index (χ4v) is 2.33. The van der Waals surface area contributed by atoms with Crippen LogP contribution in [0.3, 0.4) is 0 Å². The summed E-state index contributed by atoms with van der Waals surface area (Å²) in [7, 11) is 0. The molecule has 0 aliphatic rings. The Morgan fingerprint density at radius 2 is 1.92 bits per heavy atom. The number of para-hydroxylation sites is 1. The average Bonchev–Trinajstić information content (AvgIpc) is 2.95. The first-order valence-electron chi connectivity index (χ1n) is 7.55. The van der Waals surface area contributed by atoms with Crippen LogP contribution in [0.2, 0.25) is 0 Å². The third kappa shape index (κ3) is 5.70. The normalized spacial score (nSPS) is 11.0. The summed E-state index contributed by atoms with van der Waals surface area (Å²) in [6.45, 7) is 7.57. The predicted molar refractivity (Wildman–Crippen MR) is 105 cm³/mol. The van der Waals surface area contributed by atoms with Gasteiger partial charge in [0.2, 0.25) is 0 Å². The molecule has 0 saturated carbocycles. The zero-order valence-corrected chi connectivity index (χ0v) is 15.5.